The molecule has 19 heavy (non-hydrogen) atoms. The first-order valence-corrected chi connectivity index (χ1v) is 5.79. The van der Waals surface area contributed by atoms with Gasteiger partial charge in [-0.15, -0.1) is 0 Å². The van der Waals surface area contributed by atoms with Crippen molar-refractivity contribution >= 4 is 5.97 Å². The van der Waals surface area contributed by atoms with Gasteiger partial charge in [0.2, 0.25) is 0 Å². The summed E-state index contributed by atoms with van der Waals surface area (Å²) in [5.74, 6) is -0.152. The second kappa shape index (κ2) is 5.62. The van der Waals surface area contributed by atoms with Gasteiger partial charge in [-0.1, -0.05) is 11.2 Å². The van der Waals surface area contributed by atoms with Gasteiger partial charge in [-0.2, -0.15) is 4.98 Å². The van der Waals surface area contributed by atoms with Gasteiger partial charge in [0.25, 0.3) is 5.89 Å². The number of nitrogens with zero attached hydrogens (tertiary/aromatic N) is 2. The molecule has 2 rings (SSSR count). The highest BCUT2D eigenvalue weighted by Crippen LogP contribution is 2.19. The van der Waals surface area contributed by atoms with Crippen molar-refractivity contribution in [3.05, 3.63) is 35.7 Å². The van der Waals surface area contributed by atoms with Gasteiger partial charge < -0.3 is 14.4 Å². The Bertz CT molecular complexity index is 580. The summed E-state index contributed by atoms with van der Waals surface area (Å²) in [6, 6.07) is 6.37. The Labute approximate surface area is 110 Å². The van der Waals surface area contributed by atoms with Crippen molar-refractivity contribution in [2.75, 3.05) is 7.11 Å². The lowest BCUT2D eigenvalue weighted by atomic mass is 10.1. The summed E-state index contributed by atoms with van der Waals surface area (Å²) >= 11 is 0. The molecule has 0 radical (unpaired) electrons. The summed E-state index contributed by atoms with van der Waals surface area (Å²) in [5, 5.41) is 12.8. The molecular formula is C13H14N2O4. The second-order valence-corrected chi connectivity index (χ2v) is 4.15. The number of aromatic nitrogens is 2. The molecule has 0 aliphatic rings. The molecule has 1 aromatic carbocycles. The third-order valence-corrected chi connectivity index (χ3v) is 2.70. The minimum Gasteiger partial charge on any atom is -0.478 e. The van der Waals surface area contributed by atoms with Crippen LogP contribution < -0.4 is 0 Å². The first-order chi connectivity index (χ1) is 9.10. The Morgan fingerprint density at radius 2 is 2.32 bits per heavy atom. The number of benzene rings is 1. The van der Waals surface area contributed by atoms with E-state index in [-0.39, 0.29) is 11.7 Å². The summed E-state index contributed by atoms with van der Waals surface area (Å²) in [6.45, 7) is 1.90. The maximum atomic E-state index is 10.9. The molecule has 2 aromatic rings. The predicted molar refractivity (Wildman–Crippen MR) is 66.9 cm³/mol. The third kappa shape index (κ3) is 3.17. The molecule has 1 N–H and O–H groups in total. The SMILES string of the molecule is COC(C)Cc1noc(-c2cccc(C(=O)O)c2)n1. The summed E-state index contributed by atoms with van der Waals surface area (Å²) in [4.78, 5) is 15.1. The number of hydrogen-bond acceptors (Lipinski definition) is 5. The Hall–Kier alpha value is -2.21. The number of methoxy groups -OCH3 is 1. The molecule has 1 unspecified atom stereocenters. The third-order valence-electron chi connectivity index (χ3n) is 2.70. The van der Waals surface area contributed by atoms with E-state index < -0.39 is 5.97 Å². The van der Waals surface area contributed by atoms with Crippen LogP contribution in [-0.4, -0.2) is 34.4 Å². The molecule has 0 saturated heterocycles. The van der Waals surface area contributed by atoms with Crippen molar-refractivity contribution in [3.8, 4) is 11.5 Å². The number of carboxylic acids is 1. The van der Waals surface area contributed by atoms with Gasteiger partial charge in [0.1, 0.15) is 0 Å². The predicted octanol–water partition coefficient (Wildman–Crippen LogP) is 2.01. The lowest BCUT2D eigenvalue weighted by Crippen LogP contribution is -2.09. The highest BCUT2D eigenvalue weighted by molar-refractivity contribution is 5.88. The highest BCUT2D eigenvalue weighted by atomic mass is 16.5. The smallest absolute Gasteiger partial charge is 0.335 e. The van der Waals surface area contributed by atoms with Gasteiger partial charge in [-0.05, 0) is 25.1 Å². The zero-order chi connectivity index (χ0) is 13.8. The Morgan fingerprint density at radius 3 is 3.00 bits per heavy atom. The van der Waals surface area contributed by atoms with Crippen molar-refractivity contribution in [2.24, 2.45) is 0 Å². The van der Waals surface area contributed by atoms with Crippen LogP contribution in [0.15, 0.2) is 28.8 Å². The average molecular weight is 262 g/mol. The van der Waals surface area contributed by atoms with Gasteiger partial charge in [0.05, 0.1) is 11.7 Å². The van der Waals surface area contributed by atoms with Crippen LogP contribution in [-0.2, 0) is 11.2 Å². The van der Waals surface area contributed by atoms with Crippen LogP contribution in [0.1, 0.15) is 23.1 Å². The minimum absolute atomic E-state index is 0.00389. The molecule has 1 aromatic heterocycles. The number of rotatable bonds is 5. The van der Waals surface area contributed by atoms with Gasteiger partial charge >= 0.3 is 5.97 Å². The summed E-state index contributed by atoms with van der Waals surface area (Å²) < 4.78 is 10.2. The molecule has 0 spiro atoms. The molecule has 0 saturated carbocycles. The molecule has 100 valence electrons. The molecule has 1 heterocycles. The topological polar surface area (TPSA) is 85.5 Å². The van der Waals surface area contributed by atoms with E-state index in [9.17, 15) is 4.79 Å². The monoisotopic (exact) mass is 262 g/mol. The van der Waals surface area contributed by atoms with Crippen LogP contribution in [0.2, 0.25) is 0 Å². The first kappa shape index (κ1) is 13.2. The van der Waals surface area contributed by atoms with Crippen LogP contribution in [0, 0.1) is 0 Å². The average Bonchev–Trinajstić information content (AvgIpc) is 2.87. The molecule has 0 bridgehead atoms. The van der Waals surface area contributed by atoms with Crippen molar-refractivity contribution < 1.29 is 19.2 Å². The van der Waals surface area contributed by atoms with Crippen molar-refractivity contribution in [2.45, 2.75) is 19.4 Å². The molecule has 6 heteroatoms. The van der Waals surface area contributed by atoms with Crippen LogP contribution in [0.5, 0.6) is 0 Å². The maximum absolute atomic E-state index is 10.9. The van der Waals surface area contributed by atoms with Crippen LogP contribution in [0.4, 0.5) is 0 Å². The summed E-state index contributed by atoms with van der Waals surface area (Å²) in [7, 11) is 1.61. The fraction of sp³-hybridized carbons (Fsp3) is 0.308. The van der Waals surface area contributed by atoms with E-state index in [1.165, 1.54) is 12.1 Å². The van der Waals surface area contributed by atoms with E-state index >= 15 is 0 Å². The summed E-state index contributed by atoms with van der Waals surface area (Å²) in [5.41, 5.74) is 0.770. The minimum atomic E-state index is -0.991. The second-order valence-electron chi connectivity index (χ2n) is 4.15. The zero-order valence-electron chi connectivity index (χ0n) is 10.7. The number of carboxylic acid groups (broad SMARTS) is 1. The van der Waals surface area contributed by atoms with E-state index in [1.54, 1.807) is 19.2 Å². The van der Waals surface area contributed by atoms with E-state index in [0.29, 0.717) is 23.7 Å². The van der Waals surface area contributed by atoms with E-state index in [4.69, 9.17) is 14.4 Å². The zero-order valence-corrected chi connectivity index (χ0v) is 10.7. The lowest BCUT2D eigenvalue weighted by molar-refractivity contribution is 0.0697. The summed E-state index contributed by atoms with van der Waals surface area (Å²) in [6.07, 6.45) is 0.536. The van der Waals surface area contributed by atoms with E-state index in [2.05, 4.69) is 10.1 Å². The standard InChI is InChI=1S/C13H14N2O4/c1-8(18-2)6-11-14-12(19-15-11)9-4-3-5-10(7-9)13(16)17/h3-5,7-8H,6H2,1-2H3,(H,16,17). The fourth-order valence-corrected chi connectivity index (χ4v) is 1.58. The molecule has 0 aliphatic carbocycles. The number of ether oxygens (including phenoxy) is 1. The molecule has 0 fully saturated rings. The first-order valence-electron chi connectivity index (χ1n) is 5.79. The number of carbonyl (C=O) groups is 1. The van der Waals surface area contributed by atoms with Crippen molar-refractivity contribution in [1.82, 2.24) is 10.1 Å². The number of aromatic carboxylic acids is 1. The Balaban J connectivity index is 2.22. The molecule has 1 atom stereocenters. The highest BCUT2D eigenvalue weighted by Gasteiger charge is 2.13. The van der Waals surface area contributed by atoms with Crippen molar-refractivity contribution in [3.63, 3.8) is 0 Å². The van der Waals surface area contributed by atoms with Crippen LogP contribution in [0.3, 0.4) is 0 Å². The van der Waals surface area contributed by atoms with Gasteiger partial charge in [-0.3, -0.25) is 0 Å². The quantitative estimate of drug-likeness (QED) is 0.887. The molecule has 0 aliphatic heterocycles. The van der Waals surface area contributed by atoms with E-state index in [1.807, 2.05) is 6.92 Å². The molecular weight excluding hydrogens is 248 g/mol. The fourth-order valence-electron chi connectivity index (χ4n) is 1.58. The number of hydrogen-bond donors (Lipinski definition) is 1. The van der Waals surface area contributed by atoms with Gasteiger partial charge in [0.15, 0.2) is 5.82 Å². The Kier molecular flexibility index (Phi) is 3.91. The maximum Gasteiger partial charge on any atom is 0.335 e. The normalized spacial score (nSPS) is 12.3. The van der Waals surface area contributed by atoms with Gasteiger partial charge in [-0.25, -0.2) is 4.79 Å². The van der Waals surface area contributed by atoms with E-state index in [0.717, 1.165) is 0 Å². The molecule has 6 nitrogen and oxygen atoms in total. The van der Waals surface area contributed by atoms with Gasteiger partial charge in [0, 0.05) is 19.1 Å². The Morgan fingerprint density at radius 1 is 1.53 bits per heavy atom. The molecule has 0 amide bonds. The lowest BCUT2D eigenvalue weighted by Gasteiger charge is -2.03. The largest absolute Gasteiger partial charge is 0.478 e. The van der Waals surface area contributed by atoms with Crippen LogP contribution in [0.25, 0.3) is 11.5 Å². The van der Waals surface area contributed by atoms with Crippen molar-refractivity contribution in [1.29, 1.82) is 0 Å². The van der Waals surface area contributed by atoms with Crippen LogP contribution >= 0.6 is 0 Å².